The zero-order chi connectivity index (χ0) is 24.8. The molecule has 0 saturated carbocycles. The summed E-state index contributed by atoms with van der Waals surface area (Å²) in [5.74, 6) is 0.662. The molecular formula is C26H33FN4O3. The number of benzene rings is 1. The summed E-state index contributed by atoms with van der Waals surface area (Å²) < 4.78 is 20.7. The van der Waals surface area contributed by atoms with Crippen molar-refractivity contribution in [2.45, 2.75) is 66.3 Å². The smallest absolute Gasteiger partial charge is 0.258 e. The monoisotopic (exact) mass is 468 g/mol. The first-order chi connectivity index (χ1) is 16.2. The van der Waals surface area contributed by atoms with Crippen LogP contribution in [0.3, 0.4) is 0 Å². The predicted octanol–water partition coefficient (Wildman–Crippen LogP) is 5.25. The van der Waals surface area contributed by atoms with Crippen molar-refractivity contribution in [3.8, 4) is 0 Å². The highest BCUT2D eigenvalue weighted by atomic mass is 19.1. The Morgan fingerprint density at radius 3 is 2.71 bits per heavy atom. The van der Waals surface area contributed by atoms with E-state index in [0.29, 0.717) is 17.9 Å². The topological polar surface area (TPSA) is 78.1 Å². The normalized spacial score (nSPS) is 19.8. The van der Waals surface area contributed by atoms with Crippen LogP contribution in [-0.2, 0) is 22.5 Å². The lowest BCUT2D eigenvalue weighted by Crippen LogP contribution is -2.24. The molecule has 0 spiro atoms. The van der Waals surface area contributed by atoms with E-state index < -0.39 is 6.17 Å². The molecule has 0 bridgehead atoms. The number of allylic oxidation sites excluding steroid dienone is 1. The molecule has 8 heteroatoms. The van der Waals surface area contributed by atoms with Crippen LogP contribution in [0.4, 0.5) is 10.2 Å². The molecule has 0 aliphatic carbocycles. The van der Waals surface area contributed by atoms with Crippen LogP contribution in [0.2, 0.25) is 0 Å². The Balaban J connectivity index is 1.59. The summed E-state index contributed by atoms with van der Waals surface area (Å²) in [5, 5.41) is 4.22. The molecule has 182 valence electrons. The van der Waals surface area contributed by atoms with Gasteiger partial charge in [-0.05, 0) is 51.7 Å². The molecule has 1 aliphatic heterocycles. The molecule has 3 atom stereocenters. The Morgan fingerprint density at radius 2 is 2.06 bits per heavy atom. The van der Waals surface area contributed by atoms with E-state index in [4.69, 9.17) is 9.57 Å². The second-order valence-electron chi connectivity index (χ2n) is 8.71. The third kappa shape index (κ3) is 6.26. The van der Waals surface area contributed by atoms with Gasteiger partial charge in [0.2, 0.25) is 0 Å². The summed E-state index contributed by atoms with van der Waals surface area (Å²) in [7, 11) is 0. The third-order valence-electron chi connectivity index (χ3n) is 6.11. The first-order valence-electron chi connectivity index (χ1n) is 11.5. The van der Waals surface area contributed by atoms with Crippen molar-refractivity contribution < 1.29 is 14.0 Å². The van der Waals surface area contributed by atoms with Gasteiger partial charge in [0, 0.05) is 5.92 Å². The SMILES string of the molecule is C=C(Cn1cnc(/N=C(\C)C(C)F)c(C)c1=O)O/N=C(\C)[C@@H]1CO[C@@H](c2ccc(CC)cc2)C1. The lowest BCUT2D eigenvalue weighted by atomic mass is 9.96. The van der Waals surface area contributed by atoms with Crippen molar-refractivity contribution in [2.75, 3.05) is 6.61 Å². The van der Waals surface area contributed by atoms with Gasteiger partial charge in [-0.15, -0.1) is 0 Å². The van der Waals surface area contributed by atoms with Crippen LogP contribution in [0.1, 0.15) is 56.9 Å². The summed E-state index contributed by atoms with van der Waals surface area (Å²) in [6.07, 6.45) is 2.04. The van der Waals surface area contributed by atoms with Crippen LogP contribution < -0.4 is 5.56 Å². The van der Waals surface area contributed by atoms with Gasteiger partial charge in [-0.2, -0.15) is 0 Å². The van der Waals surface area contributed by atoms with E-state index in [0.717, 1.165) is 18.6 Å². The molecule has 34 heavy (non-hydrogen) atoms. The first-order valence-corrected chi connectivity index (χ1v) is 11.5. The van der Waals surface area contributed by atoms with Crippen molar-refractivity contribution in [3.05, 3.63) is 70.0 Å². The highest BCUT2D eigenvalue weighted by Gasteiger charge is 2.29. The number of hydrogen-bond acceptors (Lipinski definition) is 6. The van der Waals surface area contributed by atoms with Crippen LogP contribution in [0, 0.1) is 12.8 Å². The van der Waals surface area contributed by atoms with E-state index >= 15 is 0 Å². The van der Waals surface area contributed by atoms with Crippen molar-refractivity contribution in [3.63, 3.8) is 0 Å². The molecule has 0 radical (unpaired) electrons. The fraction of sp³-hybridized carbons (Fsp3) is 0.462. The van der Waals surface area contributed by atoms with Crippen LogP contribution in [0.15, 0.2) is 57.9 Å². The fourth-order valence-corrected chi connectivity index (χ4v) is 3.61. The van der Waals surface area contributed by atoms with E-state index in [1.165, 1.54) is 28.9 Å². The number of aromatic nitrogens is 2. The van der Waals surface area contributed by atoms with Crippen LogP contribution in [0.25, 0.3) is 0 Å². The summed E-state index contributed by atoms with van der Waals surface area (Å²) in [6, 6.07) is 8.53. The van der Waals surface area contributed by atoms with Crippen LogP contribution in [0.5, 0.6) is 0 Å². The van der Waals surface area contributed by atoms with Gasteiger partial charge in [0.15, 0.2) is 5.82 Å². The van der Waals surface area contributed by atoms with Gasteiger partial charge in [-0.25, -0.2) is 14.4 Å². The Bertz CT molecular complexity index is 1140. The molecular weight excluding hydrogens is 435 g/mol. The Hall–Kier alpha value is -3.13. The molecule has 1 aromatic heterocycles. The highest BCUT2D eigenvalue weighted by molar-refractivity contribution is 5.88. The van der Waals surface area contributed by atoms with Crippen molar-refractivity contribution in [2.24, 2.45) is 16.1 Å². The van der Waals surface area contributed by atoms with E-state index in [1.807, 2.05) is 6.92 Å². The molecule has 0 N–H and O–H groups in total. The number of oxime groups is 1. The zero-order valence-corrected chi connectivity index (χ0v) is 20.5. The van der Waals surface area contributed by atoms with Gasteiger partial charge >= 0.3 is 0 Å². The predicted molar refractivity (Wildman–Crippen MR) is 133 cm³/mol. The minimum absolute atomic E-state index is 0.0436. The van der Waals surface area contributed by atoms with Gasteiger partial charge in [-0.3, -0.25) is 9.36 Å². The van der Waals surface area contributed by atoms with Crippen molar-refractivity contribution in [1.29, 1.82) is 0 Å². The highest BCUT2D eigenvalue weighted by Crippen LogP contribution is 2.33. The first kappa shape index (κ1) is 25.5. The summed E-state index contributed by atoms with van der Waals surface area (Å²) >= 11 is 0. The average Bonchev–Trinajstić information content (AvgIpc) is 3.32. The maximum atomic E-state index is 13.4. The molecule has 1 saturated heterocycles. The number of aryl methyl sites for hydroxylation is 1. The Kier molecular flexibility index (Phi) is 8.50. The van der Waals surface area contributed by atoms with Gasteiger partial charge in [0.05, 0.1) is 36.2 Å². The number of rotatable bonds is 9. The average molecular weight is 469 g/mol. The maximum Gasteiger partial charge on any atom is 0.258 e. The molecule has 3 rings (SSSR count). The fourth-order valence-electron chi connectivity index (χ4n) is 3.61. The molecule has 2 aromatic rings. The minimum Gasteiger partial charge on any atom is -0.373 e. The molecule has 1 aliphatic rings. The molecule has 7 nitrogen and oxygen atoms in total. The summed E-state index contributed by atoms with van der Waals surface area (Å²) in [4.78, 5) is 26.4. The lowest BCUT2D eigenvalue weighted by molar-refractivity contribution is 0.109. The van der Waals surface area contributed by atoms with Crippen LogP contribution >= 0.6 is 0 Å². The van der Waals surface area contributed by atoms with E-state index in [1.54, 1.807) is 13.8 Å². The number of halogens is 1. The standard InChI is InChI=1S/C26H33FN4O3/c1-7-21-8-10-22(11-9-21)24-12-23(14-33-24)20(6)30-34-16(2)13-31-15-28-25(17(3)26(31)32)29-19(5)18(4)27/h8-11,15,18,23-24H,2,7,12-14H2,1,3-6H3/b29-19+,30-20+/t18?,23-,24+/m0/s1. The number of aliphatic imine (C=N–C) groups is 1. The van der Waals surface area contributed by atoms with Gasteiger partial charge < -0.3 is 9.57 Å². The van der Waals surface area contributed by atoms with Gasteiger partial charge in [0.1, 0.15) is 18.3 Å². The largest absolute Gasteiger partial charge is 0.373 e. The molecule has 0 amide bonds. The van der Waals surface area contributed by atoms with E-state index in [-0.39, 0.29) is 35.7 Å². The third-order valence-corrected chi connectivity index (χ3v) is 6.11. The molecule has 1 fully saturated rings. The lowest BCUT2D eigenvalue weighted by Gasteiger charge is -2.11. The van der Waals surface area contributed by atoms with Crippen molar-refractivity contribution in [1.82, 2.24) is 9.55 Å². The van der Waals surface area contributed by atoms with Gasteiger partial charge in [-0.1, -0.05) is 42.9 Å². The second-order valence-corrected chi connectivity index (χ2v) is 8.71. The Morgan fingerprint density at radius 1 is 1.35 bits per heavy atom. The van der Waals surface area contributed by atoms with E-state index in [2.05, 4.69) is 52.9 Å². The number of nitrogens with zero attached hydrogens (tertiary/aromatic N) is 4. The quantitative estimate of drug-likeness (QED) is 0.286. The van der Waals surface area contributed by atoms with Crippen molar-refractivity contribution >= 4 is 17.2 Å². The van der Waals surface area contributed by atoms with Crippen LogP contribution in [-0.4, -0.2) is 33.8 Å². The molecule has 1 aromatic carbocycles. The Labute approximate surface area is 200 Å². The summed E-state index contributed by atoms with van der Waals surface area (Å²) in [6.45, 7) is 13.1. The second kappa shape index (κ2) is 11.3. The zero-order valence-electron chi connectivity index (χ0n) is 20.5. The summed E-state index contributed by atoms with van der Waals surface area (Å²) in [5.41, 5.74) is 3.59. The minimum atomic E-state index is -1.21. The van der Waals surface area contributed by atoms with E-state index in [9.17, 15) is 9.18 Å². The number of hydrogen-bond donors (Lipinski definition) is 0. The maximum absolute atomic E-state index is 13.4. The molecule has 1 unspecified atom stereocenters. The number of ether oxygens (including phenoxy) is 1. The molecule has 2 heterocycles. The number of alkyl halides is 1. The van der Waals surface area contributed by atoms with Gasteiger partial charge in [0.25, 0.3) is 5.56 Å².